The monoisotopic (exact) mass is 399 g/mol. The van der Waals surface area contributed by atoms with Crippen molar-refractivity contribution >= 4 is 58.7 Å². The molecule has 2 aromatic carbocycles. The summed E-state index contributed by atoms with van der Waals surface area (Å²) in [5.41, 5.74) is 2.62. The molecule has 0 aliphatic heterocycles. The van der Waals surface area contributed by atoms with Gasteiger partial charge in [0, 0.05) is 0 Å². The Bertz CT molecular complexity index is 1000. The fraction of sp³-hybridized carbons (Fsp3) is 0.176. The van der Waals surface area contributed by atoms with Gasteiger partial charge in [-0.2, -0.15) is 0 Å². The summed E-state index contributed by atoms with van der Waals surface area (Å²) in [6, 6.07) is 9.77. The molecule has 2 N–H and O–H groups in total. The molecule has 138 valence electrons. The van der Waals surface area contributed by atoms with Crippen molar-refractivity contribution < 1.29 is 22.3 Å². The predicted octanol–water partition coefficient (Wildman–Crippen LogP) is 2.37. The standard InChI is InChI=1S/C17H18N3O5S.Na/c1-12-10-15(18-19-20(2)3)7-4-14(12)11-17(25-26(22,23)24)13-5-8-16(21)9-6-13;/h4-5,7-11,21H,1-3H3,(H,22,23,24);. The molecule has 0 radical (unpaired) electrons. The number of rotatable bonds is 6. The van der Waals surface area contributed by atoms with Gasteiger partial charge in [-0.25, -0.2) is 0 Å². The maximum atomic E-state index is 11.3. The molecule has 0 amide bonds. The molecule has 2 rings (SSSR count). The van der Waals surface area contributed by atoms with Crippen LogP contribution in [0.4, 0.5) is 5.69 Å². The van der Waals surface area contributed by atoms with E-state index < -0.39 is 10.4 Å². The molecule has 0 heterocycles. The van der Waals surface area contributed by atoms with E-state index in [1.54, 1.807) is 43.4 Å². The normalized spacial score (nSPS) is 12.4. The molecule has 0 fully saturated rings. The first-order valence-corrected chi connectivity index (χ1v) is 10.3. The van der Waals surface area contributed by atoms with Crippen LogP contribution in [0, 0.1) is 6.92 Å². The molecule has 0 aliphatic carbocycles. The van der Waals surface area contributed by atoms with Gasteiger partial charge >= 0.3 is 176 Å². The Morgan fingerprint density at radius 2 is 1.93 bits per heavy atom. The summed E-state index contributed by atoms with van der Waals surface area (Å²) in [5.74, 6) is 0.0370. The summed E-state index contributed by atoms with van der Waals surface area (Å²) < 4.78 is 37.2. The van der Waals surface area contributed by atoms with Crippen LogP contribution in [-0.2, 0) is 14.6 Å². The summed E-state index contributed by atoms with van der Waals surface area (Å²) in [6.45, 7) is 1.84. The quantitative estimate of drug-likeness (QED) is 0.193. The number of benzene rings is 2. The maximum absolute atomic E-state index is 11.3. The van der Waals surface area contributed by atoms with Crippen LogP contribution in [0.5, 0.6) is 5.75 Å². The van der Waals surface area contributed by atoms with E-state index >= 15 is 0 Å². The predicted molar refractivity (Wildman–Crippen MR) is 103 cm³/mol. The van der Waals surface area contributed by atoms with Crippen LogP contribution in [0.3, 0.4) is 0 Å². The van der Waals surface area contributed by atoms with Gasteiger partial charge in [-0.3, -0.25) is 0 Å². The van der Waals surface area contributed by atoms with Crippen molar-refractivity contribution in [2.75, 3.05) is 14.1 Å². The van der Waals surface area contributed by atoms with E-state index in [2.05, 4.69) is 10.3 Å². The fourth-order valence-electron chi connectivity index (χ4n) is 2.35. The minimum absolute atomic E-state index is 0.0340. The average molecular weight is 399 g/mol. The summed E-state index contributed by atoms with van der Waals surface area (Å²) in [6.07, 6.45) is 1.52. The van der Waals surface area contributed by atoms with Crippen molar-refractivity contribution in [2.24, 2.45) is 10.3 Å². The first-order valence-electron chi connectivity index (χ1n) is 7.93. The number of phenolic OH excluding ortho intramolecular Hbond substituents is 1. The summed E-state index contributed by atoms with van der Waals surface area (Å²) >= 11 is 0.536. The Kier molecular flexibility index (Phi) is 7.01. The number of hydrogen-bond acceptors (Lipinski definition) is 6. The van der Waals surface area contributed by atoms with Gasteiger partial charge in [0.15, 0.2) is 0 Å². The molecule has 27 heavy (non-hydrogen) atoms. The van der Waals surface area contributed by atoms with E-state index in [1.165, 1.54) is 18.2 Å². The van der Waals surface area contributed by atoms with Crippen molar-refractivity contribution in [3.05, 3.63) is 53.1 Å². The van der Waals surface area contributed by atoms with E-state index in [4.69, 9.17) is 8.74 Å². The van der Waals surface area contributed by atoms with Gasteiger partial charge in [-0.1, -0.05) is 0 Å². The zero-order valence-corrected chi connectivity index (χ0v) is 18.2. The first kappa shape index (κ1) is 21.4. The molecule has 8 nitrogen and oxygen atoms in total. The van der Waals surface area contributed by atoms with Crippen LogP contribution in [-0.4, -0.2) is 65.1 Å². The Balaban J connectivity index is 2.51. The molecule has 0 saturated heterocycles. The minimum atomic E-state index is -4.71. The first-order chi connectivity index (χ1) is 12.5. The van der Waals surface area contributed by atoms with Crippen LogP contribution in [0.1, 0.15) is 16.7 Å². The van der Waals surface area contributed by atoms with Gasteiger partial charge in [0.1, 0.15) is 0 Å². The molecular weight excluding hydrogens is 381 g/mol. The van der Waals surface area contributed by atoms with Crippen LogP contribution in [0.2, 0.25) is 0 Å². The van der Waals surface area contributed by atoms with Crippen LogP contribution >= 0.6 is 0 Å². The van der Waals surface area contributed by atoms with Gasteiger partial charge in [0.05, 0.1) is 0 Å². The van der Waals surface area contributed by atoms with Gasteiger partial charge in [0.2, 0.25) is 0 Å². The zero-order chi connectivity index (χ0) is 20.2. The number of hydrogen-bond donors (Lipinski definition) is 2. The third-order valence-corrected chi connectivity index (χ3v) is 4.77. The van der Waals surface area contributed by atoms with Gasteiger partial charge in [0.25, 0.3) is 0 Å². The van der Waals surface area contributed by atoms with Crippen molar-refractivity contribution in [1.82, 2.24) is 5.01 Å². The number of aryl methyl sites for hydroxylation is 1. The topological polar surface area (TPSA) is 112 Å². The second kappa shape index (κ2) is 8.85. The van der Waals surface area contributed by atoms with E-state index in [9.17, 15) is 13.5 Å². The average Bonchev–Trinajstić information content (AvgIpc) is 2.53. The van der Waals surface area contributed by atoms with Gasteiger partial charge in [-0.15, -0.1) is 0 Å². The van der Waals surface area contributed by atoms with Gasteiger partial charge in [-0.05, 0) is 0 Å². The molecule has 2 aromatic rings. The van der Waals surface area contributed by atoms with Gasteiger partial charge < -0.3 is 0 Å². The molecule has 10 heteroatoms. The van der Waals surface area contributed by atoms with E-state index in [0.717, 1.165) is 8.38 Å². The number of nitrogens with zero attached hydrogens (tertiary/aromatic N) is 3. The molecule has 0 saturated carbocycles. The molecular formula is C17H18N3NaO5S. The van der Waals surface area contributed by atoms with E-state index in [0.29, 0.717) is 44.7 Å². The molecule has 0 bridgehead atoms. The second-order valence-electron chi connectivity index (χ2n) is 6.10. The molecule has 0 aliphatic rings. The Morgan fingerprint density at radius 1 is 1.22 bits per heavy atom. The molecule has 0 aromatic heterocycles. The summed E-state index contributed by atoms with van der Waals surface area (Å²) in [7, 11) is -1.19. The second-order valence-corrected chi connectivity index (χ2v) is 8.20. The van der Waals surface area contributed by atoms with Crippen molar-refractivity contribution in [3.8, 4) is 5.75 Å². The molecule has 0 atom stereocenters. The van der Waals surface area contributed by atoms with Crippen LogP contribution in [0.25, 0.3) is 11.8 Å². The van der Waals surface area contributed by atoms with Crippen molar-refractivity contribution in [2.45, 2.75) is 6.92 Å². The Hall–Kier alpha value is -1.91. The Morgan fingerprint density at radius 3 is 2.48 bits per heavy atom. The third kappa shape index (κ3) is 6.64. The van der Waals surface area contributed by atoms with Crippen LogP contribution in [0.15, 0.2) is 46.7 Å². The van der Waals surface area contributed by atoms with E-state index in [-0.39, 0.29) is 11.5 Å². The number of aromatic hydroxyl groups is 1. The molecule has 0 unspecified atom stereocenters. The van der Waals surface area contributed by atoms with E-state index in [1.807, 2.05) is 6.92 Å². The summed E-state index contributed by atoms with van der Waals surface area (Å²) in [4.78, 5) is 0. The number of phenols is 1. The zero-order valence-electron chi connectivity index (χ0n) is 15.4. The van der Waals surface area contributed by atoms with Crippen molar-refractivity contribution in [1.29, 1.82) is 0 Å². The summed E-state index contributed by atoms with van der Waals surface area (Å²) in [5, 5.41) is 19.1. The van der Waals surface area contributed by atoms with Crippen LogP contribution < -0.4 is 2.81 Å². The Labute approximate surface area is 175 Å². The van der Waals surface area contributed by atoms with Crippen molar-refractivity contribution in [3.63, 3.8) is 0 Å². The molecule has 0 spiro atoms. The SMILES string of the molecule is Cc1cc(N=NN(C)C)ccc1C=C(OS(=O)(=O)O)c1ccc(O)c[c]1[Na]. The fourth-order valence-corrected chi connectivity index (χ4v) is 3.42. The third-order valence-electron chi connectivity index (χ3n) is 3.55.